The summed E-state index contributed by atoms with van der Waals surface area (Å²) in [7, 11) is 0. The van der Waals surface area contributed by atoms with Crippen LogP contribution in [0.3, 0.4) is 0 Å². The highest BCUT2D eigenvalue weighted by atomic mass is 16.3. The molecule has 0 bridgehead atoms. The zero-order valence-electron chi connectivity index (χ0n) is 15.1. The van der Waals surface area contributed by atoms with Gasteiger partial charge in [-0.1, -0.05) is 18.2 Å². The van der Waals surface area contributed by atoms with Gasteiger partial charge in [0.1, 0.15) is 16.9 Å². The van der Waals surface area contributed by atoms with Crippen molar-refractivity contribution in [1.29, 1.82) is 0 Å². The van der Waals surface area contributed by atoms with Crippen molar-refractivity contribution in [2.24, 2.45) is 0 Å². The molecule has 1 amide bonds. The van der Waals surface area contributed by atoms with Gasteiger partial charge in [0.25, 0.3) is 5.91 Å². The summed E-state index contributed by atoms with van der Waals surface area (Å²) >= 11 is 0. The number of pyridine rings is 1. The lowest BCUT2D eigenvalue weighted by Crippen LogP contribution is -2.39. The van der Waals surface area contributed by atoms with Crippen molar-refractivity contribution in [3.05, 3.63) is 65.9 Å². The fourth-order valence-electron chi connectivity index (χ4n) is 3.80. The molecular formula is C21H20N4O2. The molecule has 6 heteroatoms. The summed E-state index contributed by atoms with van der Waals surface area (Å²) in [5.74, 6) is 0.811. The molecule has 3 aromatic heterocycles. The van der Waals surface area contributed by atoms with Crippen LogP contribution in [0, 0.1) is 6.92 Å². The van der Waals surface area contributed by atoms with Crippen molar-refractivity contribution in [2.75, 3.05) is 13.1 Å². The first-order valence-corrected chi connectivity index (χ1v) is 9.27. The Bertz CT molecular complexity index is 1110. The molecule has 0 aliphatic carbocycles. The molecule has 1 fully saturated rings. The van der Waals surface area contributed by atoms with E-state index in [1.54, 1.807) is 0 Å². The van der Waals surface area contributed by atoms with E-state index >= 15 is 0 Å². The number of para-hydroxylation sites is 2. The predicted molar refractivity (Wildman–Crippen MR) is 102 cm³/mol. The highest BCUT2D eigenvalue weighted by Gasteiger charge is 2.29. The minimum absolute atomic E-state index is 0.0304. The van der Waals surface area contributed by atoms with Gasteiger partial charge in [-0.3, -0.25) is 4.79 Å². The summed E-state index contributed by atoms with van der Waals surface area (Å²) in [4.78, 5) is 24.0. The molecule has 0 saturated carbocycles. The summed E-state index contributed by atoms with van der Waals surface area (Å²) in [6, 6.07) is 11.7. The summed E-state index contributed by atoms with van der Waals surface area (Å²) < 4.78 is 7.84. The summed E-state index contributed by atoms with van der Waals surface area (Å²) in [6.45, 7) is 3.37. The zero-order chi connectivity index (χ0) is 18.4. The molecule has 1 aromatic carbocycles. The van der Waals surface area contributed by atoms with Crippen LogP contribution in [0.2, 0.25) is 0 Å². The molecule has 1 aliphatic heterocycles. The van der Waals surface area contributed by atoms with Crippen LogP contribution < -0.4 is 0 Å². The van der Waals surface area contributed by atoms with E-state index in [1.165, 1.54) is 0 Å². The maximum absolute atomic E-state index is 13.0. The zero-order valence-corrected chi connectivity index (χ0v) is 15.1. The van der Waals surface area contributed by atoms with Crippen molar-refractivity contribution in [3.63, 3.8) is 0 Å². The molecule has 1 saturated heterocycles. The van der Waals surface area contributed by atoms with Crippen LogP contribution in [0.5, 0.6) is 0 Å². The molecule has 4 aromatic rings. The van der Waals surface area contributed by atoms with Gasteiger partial charge in [0.2, 0.25) is 0 Å². The maximum Gasteiger partial charge on any atom is 0.274 e. The van der Waals surface area contributed by atoms with Crippen molar-refractivity contribution in [3.8, 4) is 0 Å². The third-order valence-corrected chi connectivity index (χ3v) is 5.19. The molecule has 1 aliphatic rings. The first-order valence-electron chi connectivity index (χ1n) is 9.27. The molecule has 0 spiro atoms. The van der Waals surface area contributed by atoms with E-state index in [1.807, 2.05) is 65.0 Å². The Morgan fingerprint density at radius 2 is 2.04 bits per heavy atom. The topological polar surface area (TPSA) is 63.6 Å². The van der Waals surface area contributed by atoms with Crippen molar-refractivity contribution >= 4 is 22.7 Å². The predicted octanol–water partition coefficient (Wildman–Crippen LogP) is 3.80. The molecule has 1 unspecified atom stereocenters. The van der Waals surface area contributed by atoms with Crippen LogP contribution in [0.25, 0.3) is 16.7 Å². The van der Waals surface area contributed by atoms with Crippen LogP contribution in [0.4, 0.5) is 0 Å². The maximum atomic E-state index is 13.0. The molecule has 0 N–H and O–H groups in total. The number of aromatic nitrogens is 3. The fraction of sp³-hybridized carbons (Fsp3) is 0.286. The number of likely N-dealkylation sites (tertiary alicyclic amines) is 1. The molecule has 4 heterocycles. The van der Waals surface area contributed by atoms with Gasteiger partial charge in [0.15, 0.2) is 11.5 Å². The van der Waals surface area contributed by atoms with Gasteiger partial charge in [-0.2, -0.15) is 0 Å². The second-order valence-electron chi connectivity index (χ2n) is 7.21. The Labute approximate surface area is 156 Å². The lowest BCUT2D eigenvalue weighted by molar-refractivity contribution is 0.0693. The number of piperidine rings is 1. The summed E-state index contributed by atoms with van der Waals surface area (Å²) in [5, 5.41) is 0. The van der Waals surface area contributed by atoms with E-state index in [0.29, 0.717) is 12.2 Å². The normalized spacial score (nSPS) is 17.7. The number of fused-ring (bicyclic) bond motifs is 2. The van der Waals surface area contributed by atoms with E-state index in [9.17, 15) is 4.79 Å². The minimum atomic E-state index is -0.0304. The number of nitrogens with zero attached hydrogens (tertiary/aromatic N) is 4. The monoisotopic (exact) mass is 360 g/mol. The number of oxazole rings is 1. The lowest BCUT2D eigenvalue weighted by atomic mass is 9.98. The van der Waals surface area contributed by atoms with Crippen molar-refractivity contribution in [2.45, 2.75) is 25.7 Å². The SMILES string of the molecule is Cc1ccc2nc(C(=O)N3CCCC(c4nc5ccccc5o4)C3)cn2c1. The van der Waals surface area contributed by atoms with Crippen LogP contribution >= 0.6 is 0 Å². The fourth-order valence-corrected chi connectivity index (χ4v) is 3.80. The third kappa shape index (κ3) is 2.87. The number of amides is 1. The van der Waals surface area contributed by atoms with E-state index < -0.39 is 0 Å². The van der Waals surface area contributed by atoms with Gasteiger partial charge >= 0.3 is 0 Å². The lowest BCUT2D eigenvalue weighted by Gasteiger charge is -2.30. The van der Waals surface area contributed by atoms with E-state index in [0.717, 1.165) is 47.6 Å². The van der Waals surface area contributed by atoms with Crippen LogP contribution in [0.15, 0.2) is 53.2 Å². The number of benzene rings is 1. The number of rotatable bonds is 2. The van der Waals surface area contributed by atoms with Gasteiger partial charge in [-0.25, -0.2) is 9.97 Å². The van der Waals surface area contributed by atoms with Gasteiger partial charge in [0, 0.05) is 25.5 Å². The van der Waals surface area contributed by atoms with E-state index in [-0.39, 0.29) is 11.8 Å². The number of hydrogen-bond acceptors (Lipinski definition) is 4. The average molecular weight is 360 g/mol. The van der Waals surface area contributed by atoms with Crippen LogP contribution in [-0.2, 0) is 0 Å². The molecule has 0 radical (unpaired) electrons. The van der Waals surface area contributed by atoms with Crippen molar-refractivity contribution < 1.29 is 9.21 Å². The number of carbonyl (C=O) groups is 1. The van der Waals surface area contributed by atoms with Crippen LogP contribution in [0.1, 0.15) is 40.7 Å². The molecule has 5 rings (SSSR count). The quantitative estimate of drug-likeness (QED) is 0.545. The Hall–Kier alpha value is -3.15. The van der Waals surface area contributed by atoms with Crippen LogP contribution in [-0.4, -0.2) is 38.3 Å². The number of carbonyl (C=O) groups excluding carboxylic acids is 1. The first-order chi connectivity index (χ1) is 13.2. The second-order valence-corrected chi connectivity index (χ2v) is 7.21. The number of hydrogen-bond donors (Lipinski definition) is 0. The van der Waals surface area contributed by atoms with E-state index in [2.05, 4.69) is 9.97 Å². The van der Waals surface area contributed by atoms with Crippen molar-refractivity contribution in [1.82, 2.24) is 19.3 Å². The van der Waals surface area contributed by atoms with Gasteiger partial charge in [-0.05, 0) is 43.5 Å². The highest BCUT2D eigenvalue weighted by molar-refractivity contribution is 5.93. The van der Waals surface area contributed by atoms with Gasteiger partial charge < -0.3 is 13.7 Å². The van der Waals surface area contributed by atoms with E-state index in [4.69, 9.17) is 4.42 Å². The second kappa shape index (κ2) is 6.23. The average Bonchev–Trinajstić information content (AvgIpc) is 3.31. The number of aryl methyl sites for hydroxylation is 1. The smallest absolute Gasteiger partial charge is 0.274 e. The standard InChI is InChI=1S/C21H20N4O2/c1-14-8-9-19-22-17(13-25(19)11-14)21(26)24-10-4-5-15(12-24)20-23-16-6-2-3-7-18(16)27-20/h2-3,6-9,11,13,15H,4-5,10,12H2,1H3. The molecule has 136 valence electrons. The minimum Gasteiger partial charge on any atom is -0.440 e. The molecule has 27 heavy (non-hydrogen) atoms. The molecule has 6 nitrogen and oxygen atoms in total. The number of imidazole rings is 1. The molecular weight excluding hydrogens is 340 g/mol. The Morgan fingerprint density at radius 3 is 2.93 bits per heavy atom. The highest BCUT2D eigenvalue weighted by Crippen LogP contribution is 2.29. The van der Waals surface area contributed by atoms with Gasteiger partial charge in [0.05, 0.1) is 5.92 Å². The third-order valence-electron chi connectivity index (χ3n) is 5.19. The Morgan fingerprint density at radius 1 is 1.15 bits per heavy atom. The largest absolute Gasteiger partial charge is 0.440 e. The summed E-state index contributed by atoms with van der Waals surface area (Å²) in [6.07, 6.45) is 5.70. The first kappa shape index (κ1) is 16.1. The molecule has 1 atom stereocenters. The van der Waals surface area contributed by atoms with Gasteiger partial charge in [-0.15, -0.1) is 0 Å². The summed E-state index contributed by atoms with van der Waals surface area (Å²) in [5.41, 5.74) is 4.07. The Kier molecular flexibility index (Phi) is 3.70. The Balaban J connectivity index is 1.40.